The van der Waals surface area contributed by atoms with Crippen LogP contribution in [0.5, 0.6) is 0 Å². The summed E-state index contributed by atoms with van der Waals surface area (Å²) in [7, 11) is 0. The number of ether oxygens (including phenoxy) is 1. The van der Waals surface area contributed by atoms with Crippen LogP contribution in [0, 0.1) is 11.3 Å². The van der Waals surface area contributed by atoms with E-state index in [0.717, 1.165) is 89.1 Å². The Balaban J connectivity index is 1.17. The predicted molar refractivity (Wildman–Crippen MR) is 162 cm³/mol. The molecule has 3 fully saturated rings. The van der Waals surface area contributed by atoms with Crippen LogP contribution in [0.2, 0.25) is 0 Å². The van der Waals surface area contributed by atoms with Crippen molar-refractivity contribution in [1.29, 1.82) is 5.26 Å². The highest BCUT2D eigenvalue weighted by Gasteiger charge is 2.38. The summed E-state index contributed by atoms with van der Waals surface area (Å²) in [5.41, 5.74) is 5.22. The van der Waals surface area contributed by atoms with Crippen LogP contribution in [-0.2, 0) is 28.8 Å². The zero-order chi connectivity index (χ0) is 28.6. The van der Waals surface area contributed by atoms with E-state index in [2.05, 4.69) is 56.5 Å². The number of anilines is 3. The van der Waals surface area contributed by atoms with Crippen LogP contribution < -0.4 is 14.7 Å². The van der Waals surface area contributed by atoms with E-state index in [1.54, 1.807) is 4.90 Å². The summed E-state index contributed by atoms with van der Waals surface area (Å²) < 4.78 is 5.57. The molecule has 3 saturated heterocycles. The number of carbonyl (C=O) groups is 1. The smallest absolute Gasteiger partial charge is 0.246 e. The number of hydrogen-bond acceptors (Lipinski definition) is 9. The second-order valence-electron chi connectivity index (χ2n) is 12.1. The number of carbonyl (C=O) groups excluding carboxylic acids is 1. The molecule has 1 aromatic carbocycles. The molecular formula is C32H40N8O2. The maximum atomic E-state index is 12.6. The Morgan fingerprint density at radius 2 is 1.86 bits per heavy atom. The van der Waals surface area contributed by atoms with Gasteiger partial charge in [-0.3, -0.25) is 9.69 Å². The van der Waals surface area contributed by atoms with E-state index < -0.39 is 0 Å². The number of hydrogen-bond donors (Lipinski definition) is 0. The molecule has 1 unspecified atom stereocenters. The molecule has 1 aliphatic carbocycles. The minimum atomic E-state index is -0.185. The molecule has 42 heavy (non-hydrogen) atoms. The molecule has 2 atom stereocenters. The summed E-state index contributed by atoms with van der Waals surface area (Å²) >= 11 is 0. The van der Waals surface area contributed by atoms with Crippen molar-refractivity contribution >= 4 is 23.4 Å². The first kappa shape index (κ1) is 27.2. The van der Waals surface area contributed by atoms with Crippen molar-refractivity contribution in [3.63, 3.8) is 0 Å². The van der Waals surface area contributed by atoms with Crippen LogP contribution in [0.25, 0.3) is 0 Å². The van der Waals surface area contributed by atoms with Crippen LogP contribution in [0.15, 0.2) is 36.9 Å². The average molecular weight is 569 g/mol. The molecule has 5 aliphatic rings. The monoisotopic (exact) mass is 568 g/mol. The second-order valence-corrected chi connectivity index (χ2v) is 12.1. The average Bonchev–Trinajstić information content (AvgIpc) is 3.44. The molecule has 5 heterocycles. The highest BCUT2D eigenvalue weighted by Crippen LogP contribution is 2.38. The van der Waals surface area contributed by atoms with Crippen LogP contribution in [-0.4, -0.2) is 109 Å². The lowest BCUT2D eigenvalue weighted by Gasteiger charge is -2.47. The maximum absolute atomic E-state index is 12.6. The van der Waals surface area contributed by atoms with Gasteiger partial charge in [0, 0.05) is 82.1 Å². The summed E-state index contributed by atoms with van der Waals surface area (Å²) in [5, 5.41) is 9.55. The fourth-order valence-corrected chi connectivity index (χ4v) is 7.50. The summed E-state index contributed by atoms with van der Waals surface area (Å²) in [6.07, 6.45) is 5.65. The van der Waals surface area contributed by atoms with E-state index in [1.807, 2.05) is 0 Å². The van der Waals surface area contributed by atoms with Gasteiger partial charge in [-0.15, -0.1) is 0 Å². The number of nitrogens with zero attached hydrogens (tertiary/aromatic N) is 8. The Kier molecular flexibility index (Phi) is 7.46. The number of nitriles is 1. The minimum absolute atomic E-state index is 0.108. The summed E-state index contributed by atoms with van der Waals surface area (Å²) in [4.78, 5) is 34.6. The number of amides is 1. The Morgan fingerprint density at radius 3 is 2.67 bits per heavy atom. The topological polar surface area (TPSA) is 92.1 Å². The minimum Gasteiger partial charge on any atom is -0.379 e. The van der Waals surface area contributed by atoms with E-state index >= 15 is 0 Å². The van der Waals surface area contributed by atoms with Crippen molar-refractivity contribution in [2.24, 2.45) is 0 Å². The van der Waals surface area contributed by atoms with Gasteiger partial charge in [-0.25, -0.2) is 4.98 Å². The molecule has 0 N–H and O–H groups in total. The lowest BCUT2D eigenvalue weighted by atomic mass is 9.90. The van der Waals surface area contributed by atoms with Crippen molar-refractivity contribution in [2.75, 3.05) is 80.3 Å². The summed E-state index contributed by atoms with van der Waals surface area (Å²) in [6, 6.07) is 11.9. The van der Waals surface area contributed by atoms with E-state index in [1.165, 1.54) is 22.9 Å². The zero-order valence-electron chi connectivity index (χ0n) is 24.3. The van der Waals surface area contributed by atoms with Gasteiger partial charge < -0.3 is 24.3 Å². The third-order valence-corrected chi connectivity index (χ3v) is 9.85. The first-order chi connectivity index (χ1) is 20.6. The highest BCUT2D eigenvalue weighted by molar-refractivity contribution is 5.87. The van der Waals surface area contributed by atoms with Crippen LogP contribution in [0.1, 0.15) is 29.7 Å². The van der Waals surface area contributed by atoms with Gasteiger partial charge in [0.15, 0.2) is 0 Å². The van der Waals surface area contributed by atoms with E-state index in [0.29, 0.717) is 38.1 Å². The molecule has 0 bridgehead atoms. The molecule has 4 aliphatic heterocycles. The Labute approximate surface area is 248 Å². The number of fused-ring (bicyclic) bond motifs is 2. The zero-order valence-corrected chi connectivity index (χ0v) is 24.3. The van der Waals surface area contributed by atoms with Crippen LogP contribution in [0.3, 0.4) is 0 Å². The molecular weight excluding hydrogens is 528 g/mol. The predicted octanol–water partition coefficient (Wildman–Crippen LogP) is 2.03. The first-order valence-corrected chi connectivity index (χ1v) is 15.5. The molecule has 0 radical (unpaired) electrons. The van der Waals surface area contributed by atoms with Gasteiger partial charge >= 0.3 is 0 Å². The van der Waals surface area contributed by atoms with Crippen molar-refractivity contribution in [2.45, 2.75) is 50.2 Å². The fourth-order valence-electron chi connectivity index (χ4n) is 7.50. The van der Waals surface area contributed by atoms with Crippen molar-refractivity contribution in [3.05, 3.63) is 53.7 Å². The largest absolute Gasteiger partial charge is 0.379 e. The number of rotatable bonds is 6. The number of benzene rings is 1. The summed E-state index contributed by atoms with van der Waals surface area (Å²) in [6.45, 7) is 12.0. The van der Waals surface area contributed by atoms with Crippen LogP contribution >= 0.6 is 0 Å². The van der Waals surface area contributed by atoms with Crippen molar-refractivity contribution < 1.29 is 9.53 Å². The van der Waals surface area contributed by atoms with Crippen molar-refractivity contribution in [3.8, 4) is 6.07 Å². The third-order valence-electron chi connectivity index (χ3n) is 9.85. The first-order valence-electron chi connectivity index (χ1n) is 15.5. The van der Waals surface area contributed by atoms with E-state index in [-0.39, 0.29) is 11.9 Å². The van der Waals surface area contributed by atoms with Gasteiger partial charge in [0.05, 0.1) is 37.4 Å². The summed E-state index contributed by atoms with van der Waals surface area (Å²) in [5.74, 6) is 1.71. The molecule has 2 aromatic rings. The van der Waals surface area contributed by atoms with Crippen molar-refractivity contribution in [1.82, 2.24) is 19.8 Å². The second kappa shape index (κ2) is 11.5. The molecule has 10 nitrogen and oxygen atoms in total. The van der Waals surface area contributed by atoms with Crippen LogP contribution in [0.4, 0.5) is 17.5 Å². The number of aromatic nitrogens is 2. The Bertz CT molecular complexity index is 1380. The molecule has 220 valence electrons. The van der Waals surface area contributed by atoms with Gasteiger partial charge in [-0.05, 0) is 37.0 Å². The van der Waals surface area contributed by atoms with E-state index in [9.17, 15) is 10.1 Å². The third kappa shape index (κ3) is 4.99. The highest BCUT2D eigenvalue weighted by atomic mass is 16.5. The quantitative estimate of drug-likeness (QED) is 0.486. The normalized spacial score (nSPS) is 24.5. The SMILES string of the molecule is C=CC(=O)N1CCN(c2nc(N3CC(N4CCOCC4)C3)nc3c2CCC(N2CCc4ccccc42)C3)C[C@@H]1CC#N. The number of para-hydroxylation sites is 1. The molecule has 1 amide bonds. The van der Waals surface area contributed by atoms with Gasteiger partial charge in [-0.2, -0.15) is 10.2 Å². The maximum Gasteiger partial charge on any atom is 0.246 e. The van der Waals surface area contributed by atoms with Gasteiger partial charge in [0.1, 0.15) is 5.82 Å². The van der Waals surface area contributed by atoms with Gasteiger partial charge in [-0.1, -0.05) is 24.8 Å². The Hall–Kier alpha value is -3.68. The van der Waals surface area contributed by atoms with Gasteiger partial charge in [0.25, 0.3) is 0 Å². The van der Waals surface area contributed by atoms with Gasteiger partial charge in [0.2, 0.25) is 11.9 Å². The number of piperazine rings is 1. The molecule has 1 aromatic heterocycles. The molecule has 10 heteroatoms. The molecule has 0 spiro atoms. The van der Waals surface area contributed by atoms with E-state index in [4.69, 9.17) is 14.7 Å². The lowest BCUT2D eigenvalue weighted by molar-refractivity contribution is -0.128. The number of morpholine rings is 1. The standard InChI is InChI=1S/C32H40N8O2/c1-2-30(41)40-14-13-37(20-25(40)9-11-33)31-27-8-7-24(39-12-10-23-5-3-4-6-29(23)39)19-28(27)34-32(35-31)38-21-26(22-38)36-15-17-42-18-16-36/h2-6,24-26H,1,7-10,12-22H2/t24?,25-/m0/s1. The molecule has 7 rings (SSSR count). The Morgan fingerprint density at radius 1 is 1.02 bits per heavy atom. The molecule has 0 saturated carbocycles. The fraction of sp³-hybridized carbons (Fsp3) is 0.562. The lowest BCUT2D eigenvalue weighted by Crippen LogP contribution is -2.62.